The van der Waals surface area contributed by atoms with Crippen LogP contribution in [0, 0.1) is 0 Å². The molecule has 0 aliphatic carbocycles. The fourth-order valence-corrected chi connectivity index (χ4v) is 2.31. The highest BCUT2D eigenvalue weighted by molar-refractivity contribution is 5.30. The number of hydrogen-bond acceptors (Lipinski definition) is 4. The van der Waals surface area contributed by atoms with Gasteiger partial charge in [-0.25, -0.2) is 0 Å². The lowest BCUT2D eigenvalue weighted by atomic mass is 10.2. The van der Waals surface area contributed by atoms with E-state index in [0.29, 0.717) is 0 Å². The van der Waals surface area contributed by atoms with Crippen LogP contribution < -0.4 is 9.47 Å². The van der Waals surface area contributed by atoms with E-state index in [1.807, 2.05) is 0 Å². The van der Waals surface area contributed by atoms with E-state index in [9.17, 15) is 0 Å². The summed E-state index contributed by atoms with van der Waals surface area (Å²) in [4.78, 5) is 0. The van der Waals surface area contributed by atoms with Crippen LogP contribution in [0.3, 0.4) is 0 Å². The predicted molar refractivity (Wildman–Crippen MR) is 111 cm³/mol. The van der Waals surface area contributed by atoms with Crippen LogP contribution in [0.2, 0.25) is 0 Å². The van der Waals surface area contributed by atoms with E-state index in [0.717, 1.165) is 44.0 Å². The summed E-state index contributed by atoms with van der Waals surface area (Å²) >= 11 is 0. The largest absolute Gasteiger partial charge is 0.508 e. The Morgan fingerprint density at radius 1 is 0.556 bits per heavy atom. The lowest BCUT2D eigenvalue weighted by Crippen LogP contribution is -1.96. The first-order chi connectivity index (χ1) is 13.2. The Hall–Kier alpha value is -2.36. The molecule has 0 atom stereocenters. The van der Waals surface area contributed by atoms with Gasteiger partial charge >= 0.3 is 0 Å². The molecule has 0 fully saturated rings. The molecule has 0 aromatic heterocycles. The number of benzene rings is 2. The molecule has 0 spiro atoms. The normalized spacial score (nSPS) is 10.0. The maximum Gasteiger partial charge on any atom is 0.119 e. The molecule has 0 bridgehead atoms. The van der Waals surface area contributed by atoms with Crippen molar-refractivity contribution in [1.82, 2.24) is 0 Å². The van der Waals surface area contributed by atoms with Gasteiger partial charge in [0, 0.05) is 0 Å². The third kappa shape index (κ3) is 11.8. The summed E-state index contributed by atoms with van der Waals surface area (Å²) in [6.45, 7) is 5.86. The molecule has 27 heavy (non-hydrogen) atoms. The van der Waals surface area contributed by atoms with Crippen molar-refractivity contribution in [2.45, 2.75) is 58.8 Å². The first kappa shape index (κ1) is 22.7. The number of phenolic OH excluding ortho intramolecular Hbond substituents is 2. The summed E-state index contributed by atoms with van der Waals surface area (Å²) in [5.74, 6) is 2.22. The minimum Gasteiger partial charge on any atom is -0.508 e. The highest BCUT2D eigenvalue weighted by atomic mass is 16.5. The van der Waals surface area contributed by atoms with Crippen molar-refractivity contribution < 1.29 is 19.7 Å². The second-order valence-corrected chi connectivity index (χ2v) is 6.45. The van der Waals surface area contributed by atoms with E-state index >= 15 is 0 Å². The minimum absolute atomic E-state index is 0.276. The van der Waals surface area contributed by atoms with E-state index < -0.39 is 0 Å². The maximum atomic E-state index is 9.07. The van der Waals surface area contributed by atoms with Crippen LogP contribution in [-0.2, 0) is 0 Å². The van der Waals surface area contributed by atoms with Gasteiger partial charge < -0.3 is 19.7 Å². The van der Waals surface area contributed by atoms with Crippen molar-refractivity contribution >= 4 is 0 Å². The Morgan fingerprint density at radius 2 is 0.963 bits per heavy atom. The van der Waals surface area contributed by atoms with Crippen LogP contribution in [0.1, 0.15) is 58.8 Å². The summed E-state index contributed by atoms with van der Waals surface area (Å²) in [5, 5.41) is 18.0. The summed E-state index contributed by atoms with van der Waals surface area (Å²) in [5.41, 5.74) is 0. The second kappa shape index (κ2) is 14.8. The van der Waals surface area contributed by atoms with Gasteiger partial charge in [-0.15, -0.1) is 0 Å². The van der Waals surface area contributed by atoms with Gasteiger partial charge in [-0.2, -0.15) is 0 Å². The van der Waals surface area contributed by atoms with Crippen LogP contribution in [0.4, 0.5) is 0 Å². The molecule has 0 aliphatic rings. The summed E-state index contributed by atoms with van der Waals surface area (Å²) in [6, 6.07) is 13.7. The Bertz CT molecular complexity index is 578. The molecule has 4 nitrogen and oxygen atoms in total. The van der Waals surface area contributed by atoms with E-state index in [1.54, 1.807) is 48.5 Å². The highest BCUT2D eigenvalue weighted by Crippen LogP contribution is 2.17. The maximum absolute atomic E-state index is 9.07. The zero-order valence-electron chi connectivity index (χ0n) is 16.7. The van der Waals surface area contributed by atoms with Crippen molar-refractivity contribution in [3.05, 3.63) is 48.5 Å². The molecule has 0 heterocycles. The average molecular weight is 375 g/mol. The number of ether oxygens (including phenoxy) is 2. The number of aromatic hydroxyl groups is 2. The smallest absolute Gasteiger partial charge is 0.119 e. The van der Waals surface area contributed by atoms with Gasteiger partial charge in [-0.1, -0.05) is 46.0 Å². The van der Waals surface area contributed by atoms with Gasteiger partial charge in [0.05, 0.1) is 13.2 Å². The number of unbranched alkanes of at least 4 members (excludes halogenated alkanes) is 5. The summed E-state index contributed by atoms with van der Waals surface area (Å²) in [7, 11) is 0. The van der Waals surface area contributed by atoms with Crippen LogP contribution >= 0.6 is 0 Å². The monoisotopic (exact) mass is 374 g/mol. The standard InChI is InChI=1S/C13H20O2.C10H14O2/c1-2-3-4-5-6-11-15-13-9-7-12(14)8-10-13;1-2-3-8-12-10-6-4-9(11)5-7-10/h7-10,14H,2-6,11H2,1H3;4-7,11H,2-3,8H2,1H3. The number of hydrogen-bond donors (Lipinski definition) is 2. The average Bonchev–Trinajstić information content (AvgIpc) is 2.68. The van der Waals surface area contributed by atoms with Crippen LogP contribution in [-0.4, -0.2) is 23.4 Å². The lowest BCUT2D eigenvalue weighted by molar-refractivity contribution is 0.304. The molecule has 2 aromatic rings. The van der Waals surface area contributed by atoms with Gasteiger partial charge in [-0.3, -0.25) is 0 Å². The van der Waals surface area contributed by atoms with Gasteiger partial charge in [0.1, 0.15) is 23.0 Å². The van der Waals surface area contributed by atoms with Crippen LogP contribution in [0.5, 0.6) is 23.0 Å². The van der Waals surface area contributed by atoms with Crippen molar-refractivity contribution in [2.24, 2.45) is 0 Å². The first-order valence-electron chi connectivity index (χ1n) is 9.99. The van der Waals surface area contributed by atoms with Crippen molar-refractivity contribution in [3.63, 3.8) is 0 Å². The third-order valence-electron chi connectivity index (χ3n) is 3.96. The predicted octanol–water partition coefficient (Wildman–Crippen LogP) is 6.31. The molecule has 0 aliphatic heterocycles. The van der Waals surface area contributed by atoms with E-state index in [2.05, 4.69) is 13.8 Å². The van der Waals surface area contributed by atoms with Gasteiger partial charge in [-0.05, 0) is 61.4 Å². The molecule has 2 aromatic carbocycles. The van der Waals surface area contributed by atoms with E-state index in [1.165, 1.54) is 25.7 Å². The molecule has 0 saturated heterocycles. The molecule has 0 amide bonds. The van der Waals surface area contributed by atoms with Crippen molar-refractivity contribution in [1.29, 1.82) is 0 Å². The quantitative estimate of drug-likeness (QED) is 0.452. The SMILES string of the molecule is CCCCCCCOc1ccc(O)cc1.CCCCOc1ccc(O)cc1. The number of phenols is 2. The fourth-order valence-electron chi connectivity index (χ4n) is 2.31. The second-order valence-electron chi connectivity index (χ2n) is 6.45. The summed E-state index contributed by atoms with van der Waals surface area (Å²) < 4.78 is 10.9. The molecule has 150 valence electrons. The van der Waals surface area contributed by atoms with Gasteiger partial charge in [0.25, 0.3) is 0 Å². The summed E-state index contributed by atoms with van der Waals surface area (Å²) in [6.07, 6.45) is 8.46. The highest BCUT2D eigenvalue weighted by Gasteiger charge is 1.94. The van der Waals surface area contributed by atoms with Gasteiger partial charge in [0.15, 0.2) is 0 Å². The molecular formula is C23H34O4. The van der Waals surface area contributed by atoms with Crippen LogP contribution in [0.15, 0.2) is 48.5 Å². The van der Waals surface area contributed by atoms with Gasteiger partial charge in [0.2, 0.25) is 0 Å². The zero-order chi connectivity index (χ0) is 19.7. The lowest BCUT2D eigenvalue weighted by Gasteiger charge is -2.05. The van der Waals surface area contributed by atoms with Crippen LogP contribution in [0.25, 0.3) is 0 Å². The molecule has 0 radical (unpaired) electrons. The fraction of sp³-hybridized carbons (Fsp3) is 0.478. The Morgan fingerprint density at radius 3 is 1.41 bits per heavy atom. The van der Waals surface area contributed by atoms with E-state index in [4.69, 9.17) is 19.7 Å². The van der Waals surface area contributed by atoms with E-state index in [-0.39, 0.29) is 11.5 Å². The molecule has 4 heteroatoms. The zero-order valence-corrected chi connectivity index (χ0v) is 16.7. The Labute approximate surface area is 163 Å². The minimum atomic E-state index is 0.276. The molecule has 0 saturated carbocycles. The molecule has 0 unspecified atom stereocenters. The first-order valence-corrected chi connectivity index (χ1v) is 9.99. The number of rotatable bonds is 11. The molecular weight excluding hydrogens is 340 g/mol. The van der Waals surface area contributed by atoms with Crippen molar-refractivity contribution in [3.8, 4) is 23.0 Å². The molecule has 2 rings (SSSR count). The van der Waals surface area contributed by atoms with Crippen molar-refractivity contribution in [2.75, 3.05) is 13.2 Å². The Kier molecular flexibility index (Phi) is 12.4. The third-order valence-corrected chi connectivity index (χ3v) is 3.96. The molecule has 2 N–H and O–H groups in total. The Balaban J connectivity index is 0.000000277. The topological polar surface area (TPSA) is 58.9 Å².